The molecule has 16 heavy (non-hydrogen) atoms. The molecule has 82 valence electrons. The van der Waals surface area contributed by atoms with Gasteiger partial charge in [-0.1, -0.05) is 0 Å². The van der Waals surface area contributed by atoms with Gasteiger partial charge in [-0.05, 0) is 12.1 Å². The minimum Gasteiger partial charge on any atom is -0.312 e. The van der Waals surface area contributed by atoms with E-state index in [1.165, 1.54) is 17.8 Å². The quantitative estimate of drug-likeness (QED) is 0.778. The van der Waals surface area contributed by atoms with Crippen LogP contribution in [0.25, 0.3) is 5.82 Å². The molecule has 1 N–H and O–H groups in total. The molecule has 3 heterocycles. The van der Waals surface area contributed by atoms with Gasteiger partial charge < -0.3 is 5.32 Å². The number of nitrogens with zero attached hydrogens (tertiary/aromatic N) is 3. The Morgan fingerprint density at radius 3 is 3.06 bits per heavy atom. The van der Waals surface area contributed by atoms with Crippen molar-refractivity contribution >= 4 is 0 Å². The first kappa shape index (κ1) is 9.47. The molecule has 0 amide bonds. The molecule has 0 fully saturated rings. The summed E-state index contributed by atoms with van der Waals surface area (Å²) >= 11 is 0. The topological polar surface area (TPSA) is 42.7 Å². The number of nitrogens with one attached hydrogen (secondary N) is 1. The molecule has 1 aliphatic rings. The average molecular weight is 218 g/mol. The predicted molar refractivity (Wildman–Crippen MR) is 56.7 cm³/mol. The zero-order valence-electron chi connectivity index (χ0n) is 8.65. The van der Waals surface area contributed by atoms with Crippen molar-refractivity contribution < 1.29 is 4.39 Å². The number of pyridine rings is 1. The van der Waals surface area contributed by atoms with Gasteiger partial charge in [0.25, 0.3) is 0 Å². The second-order valence-corrected chi connectivity index (χ2v) is 3.79. The Morgan fingerprint density at radius 2 is 2.25 bits per heavy atom. The van der Waals surface area contributed by atoms with Gasteiger partial charge in [-0.2, -0.15) is 5.10 Å². The Balaban J connectivity index is 2.06. The molecule has 3 rings (SSSR count). The summed E-state index contributed by atoms with van der Waals surface area (Å²) in [6, 6.07) is 3.04. The fourth-order valence-corrected chi connectivity index (χ4v) is 1.94. The van der Waals surface area contributed by atoms with E-state index in [-0.39, 0.29) is 5.82 Å². The monoisotopic (exact) mass is 218 g/mol. The standard InChI is InChI=1S/C11H11FN4/c12-9-1-2-11(14-7-9)16-10-3-4-13-5-8(10)6-15-16/h1-2,6-7,13H,3-5H2. The number of rotatable bonds is 1. The molecule has 0 radical (unpaired) electrons. The van der Waals surface area contributed by atoms with Crippen LogP contribution in [0.15, 0.2) is 24.5 Å². The largest absolute Gasteiger partial charge is 0.312 e. The minimum atomic E-state index is -0.327. The molecular formula is C11H11FN4. The second kappa shape index (κ2) is 3.68. The fraction of sp³-hybridized carbons (Fsp3) is 0.273. The molecular weight excluding hydrogens is 207 g/mol. The molecule has 0 bridgehead atoms. The van der Waals surface area contributed by atoms with Crippen LogP contribution in [0.1, 0.15) is 11.3 Å². The van der Waals surface area contributed by atoms with Gasteiger partial charge in [0.15, 0.2) is 5.82 Å². The normalized spacial score (nSPS) is 14.8. The first-order valence-corrected chi connectivity index (χ1v) is 5.23. The highest BCUT2D eigenvalue weighted by Crippen LogP contribution is 2.16. The van der Waals surface area contributed by atoms with Gasteiger partial charge in [0.05, 0.1) is 18.1 Å². The number of fused-ring (bicyclic) bond motifs is 1. The summed E-state index contributed by atoms with van der Waals surface area (Å²) in [7, 11) is 0. The summed E-state index contributed by atoms with van der Waals surface area (Å²) in [5.41, 5.74) is 2.36. The molecule has 5 heteroatoms. The molecule has 0 aliphatic carbocycles. The molecule has 1 aliphatic heterocycles. The molecule has 0 atom stereocenters. The summed E-state index contributed by atoms with van der Waals surface area (Å²) in [4.78, 5) is 4.03. The van der Waals surface area contributed by atoms with Gasteiger partial charge in [0, 0.05) is 25.1 Å². The summed E-state index contributed by atoms with van der Waals surface area (Å²) < 4.78 is 14.6. The van der Waals surface area contributed by atoms with Crippen LogP contribution in [0.5, 0.6) is 0 Å². The van der Waals surface area contributed by atoms with Crippen molar-refractivity contribution in [3.63, 3.8) is 0 Å². The molecule has 2 aromatic rings. The number of aromatic nitrogens is 3. The van der Waals surface area contributed by atoms with Crippen molar-refractivity contribution in [1.29, 1.82) is 0 Å². The van der Waals surface area contributed by atoms with E-state index in [4.69, 9.17) is 0 Å². The van der Waals surface area contributed by atoms with E-state index in [0.29, 0.717) is 5.82 Å². The van der Waals surface area contributed by atoms with Gasteiger partial charge in [-0.15, -0.1) is 0 Å². The van der Waals surface area contributed by atoms with Crippen molar-refractivity contribution in [3.05, 3.63) is 41.6 Å². The third-order valence-corrected chi connectivity index (χ3v) is 2.74. The van der Waals surface area contributed by atoms with Crippen LogP contribution in [-0.4, -0.2) is 21.3 Å². The lowest BCUT2D eigenvalue weighted by Gasteiger charge is -2.14. The Labute approximate surface area is 92.1 Å². The molecule has 0 saturated heterocycles. The third kappa shape index (κ3) is 1.49. The van der Waals surface area contributed by atoms with E-state index in [9.17, 15) is 4.39 Å². The Hall–Kier alpha value is -1.75. The van der Waals surface area contributed by atoms with Crippen LogP contribution in [0.4, 0.5) is 4.39 Å². The van der Waals surface area contributed by atoms with Gasteiger partial charge in [0.2, 0.25) is 0 Å². The van der Waals surface area contributed by atoms with E-state index >= 15 is 0 Å². The minimum absolute atomic E-state index is 0.327. The maximum absolute atomic E-state index is 12.8. The van der Waals surface area contributed by atoms with Gasteiger partial charge in [0.1, 0.15) is 5.82 Å². The average Bonchev–Trinajstić information content (AvgIpc) is 2.74. The molecule has 0 spiro atoms. The smallest absolute Gasteiger partial charge is 0.153 e. The lowest BCUT2D eigenvalue weighted by atomic mass is 10.1. The van der Waals surface area contributed by atoms with Crippen LogP contribution >= 0.6 is 0 Å². The van der Waals surface area contributed by atoms with Gasteiger partial charge in [-0.3, -0.25) is 0 Å². The van der Waals surface area contributed by atoms with E-state index in [2.05, 4.69) is 15.4 Å². The summed E-state index contributed by atoms with van der Waals surface area (Å²) in [6.07, 6.45) is 3.98. The lowest BCUT2D eigenvalue weighted by molar-refractivity contribution is 0.610. The molecule has 4 nitrogen and oxygen atoms in total. The summed E-state index contributed by atoms with van der Waals surface area (Å²) in [5.74, 6) is 0.344. The molecule has 0 unspecified atom stereocenters. The lowest BCUT2D eigenvalue weighted by Crippen LogP contribution is -2.24. The zero-order valence-corrected chi connectivity index (χ0v) is 8.65. The van der Waals surface area contributed by atoms with E-state index < -0.39 is 0 Å². The van der Waals surface area contributed by atoms with Crippen molar-refractivity contribution in [2.24, 2.45) is 0 Å². The first-order chi connectivity index (χ1) is 7.84. The predicted octanol–water partition coefficient (Wildman–Crippen LogP) is 1.05. The van der Waals surface area contributed by atoms with Crippen LogP contribution in [0, 0.1) is 5.82 Å². The van der Waals surface area contributed by atoms with E-state index in [1.54, 1.807) is 10.7 Å². The maximum Gasteiger partial charge on any atom is 0.153 e. The zero-order chi connectivity index (χ0) is 11.0. The number of hydrogen-bond acceptors (Lipinski definition) is 3. The third-order valence-electron chi connectivity index (χ3n) is 2.74. The Bertz CT molecular complexity index is 503. The first-order valence-electron chi connectivity index (χ1n) is 5.23. The maximum atomic E-state index is 12.8. The molecule has 2 aromatic heterocycles. The Morgan fingerprint density at radius 1 is 1.31 bits per heavy atom. The van der Waals surface area contributed by atoms with E-state index in [0.717, 1.165) is 25.2 Å². The molecule has 0 aromatic carbocycles. The second-order valence-electron chi connectivity index (χ2n) is 3.79. The van der Waals surface area contributed by atoms with Crippen molar-refractivity contribution in [2.75, 3.05) is 6.54 Å². The Kier molecular flexibility index (Phi) is 2.18. The van der Waals surface area contributed by atoms with Crippen molar-refractivity contribution in [2.45, 2.75) is 13.0 Å². The van der Waals surface area contributed by atoms with Gasteiger partial charge in [-0.25, -0.2) is 14.1 Å². The van der Waals surface area contributed by atoms with Crippen LogP contribution in [0.3, 0.4) is 0 Å². The highest BCUT2D eigenvalue weighted by molar-refractivity contribution is 5.30. The molecule has 0 saturated carbocycles. The van der Waals surface area contributed by atoms with E-state index in [1.807, 2.05) is 6.20 Å². The van der Waals surface area contributed by atoms with Gasteiger partial charge >= 0.3 is 0 Å². The van der Waals surface area contributed by atoms with Crippen LogP contribution in [0.2, 0.25) is 0 Å². The highest BCUT2D eigenvalue weighted by atomic mass is 19.1. The van der Waals surface area contributed by atoms with Crippen molar-refractivity contribution in [1.82, 2.24) is 20.1 Å². The number of hydrogen-bond donors (Lipinski definition) is 1. The fourth-order valence-electron chi connectivity index (χ4n) is 1.94. The summed E-state index contributed by atoms with van der Waals surface area (Å²) in [6.45, 7) is 1.79. The summed E-state index contributed by atoms with van der Waals surface area (Å²) in [5, 5.41) is 7.57. The van der Waals surface area contributed by atoms with Crippen LogP contribution in [-0.2, 0) is 13.0 Å². The SMILES string of the molecule is Fc1ccc(-n2ncc3c2CCNC3)nc1. The number of halogens is 1. The van der Waals surface area contributed by atoms with Crippen LogP contribution < -0.4 is 5.32 Å². The highest BCUT2D eigenvalue weighted by Gasteiger charge is 2.15. The van der Waals surface area contributed by atoms with Crippen molar-refractivity contribution in [3.8, 4) is 5.82 Å².